The Morgan fingerprint density at radius 2 is 1.95 bits per heavy atom. The van der Waals surface area contributed by atoms with Crippen molar-refractivity contribution in [2.75, 3.05) is 10.6 Å². The monoisotopic (exact) mass is 348 g/mol. The molecule has 0 saturated heterocycles. The molecule has 0 aliphatic heterocycles. The highest BCUT2D eigenvalue weighted by Crippen LogP contribution is 2.23. The fourth-order valence-corrected chi connectivity index (χ4v) is 2.14. The molecule has 1 heterocycles. The maximum Gasteiger partial charge on any atom is 0.225 e. The number of benzene rings is 1. The number of hydrogen-bond donors (Lipinski definition) is 2. The summed E-state index contributed by atoms with van der Waals surface area (Å²) in [7, 11) is 0. The van der Waals surface area contributed by atoms with Crippen molar-refractivity contribution in [3.63, 3.8) is 0 Å². The van der Waals surface area contributed by atoms with Crippen LogP contribution in [0.3, 0.4) is 0 Å². The Morgan fingerprint density at radius 1 is 1.19 bits per heavy atom. The number of nitrogens with one attached hydrogen (secondary N) is 2. The van der Waals surface area contributed by atoms with E-state index in [0.29, 0.717) is 12.0 Å². The second-order valence-electron chi connectivity index (χ2n) is 5.26. The maximum atomic E-state index is 4.52. The standard InChI is InChI=1S/C16H21BrN4/c1-5-11(3)18-16-19-12(4)9-15(21-16)20-13-6-7-14(17)10(2)8-13/h6-9,11H,5H2,1-4H3,(H2,18,19,20,21). The van der Waals surface area contributed by atoms with Gasteiger partial charge in [-0.25, -0.2) is 4.98 Å². The largest absolute Gasteiger partial charge is 0.352 e. The van der Waals surface area contributed by atoms with E-state index in [1.807, 2.05) is 25.1 Å². The lowest BCUT2D eigenvalue weighted by atomic mass is 10.2. The van der Waals surface area contributed by atoms with E-state index in [1.165, 1.54) is 5.56 Å². The van der Waals surface area contributed by atoms with E-state index < -0.39 is 0 Å². The van der Waals surface area contributed by atoms with Gasteiger partial charge in [-0.1, -0.05) is 22.9 Å². The zero-order valence-electron chi connectivity index (χ0n) is 12.9. The van der Waals surface area contributed by atoms with E-state index >= 15 is 0 Å². The Labute approximate surface area is 134 Å². The Bertz CT molecular complexity index is 628. The van der Waals surface area contributed by atoms with Gasteiger partial charge in [0, 0.05) is 28.0 Å². The molecule has 2 rings (SSSR count). The Hall–Kier alpha value is -1.62. The van der Waals surface area contributed by atoms with Crippen LogP contribution < -0.4 is 10.6 Å². The quantitative estimate of drug-likeness (QED) is 0.813. The molecular weight excluding hydrogens is 328 g/mol. The number of nitrogens with zero attached hydrogens (tertiary/aromatic N) is 2. The first-order chi connectivity index (χ1) is 9.97. The average molecular weight is 349 g/mol. The normalized spacial score (nSPS) is 12.0. The molecule has 1 aromatic heterocycles. The van der Waals surface area contributed by atoms with Crippen LogP contribution in [0.4, 0.5) is 17.5 Å². The van der Waals surface area contributed by atoms with Crippen molar-refractivity contribution >= 4 is 33.4 Å². The minimum absolute atomic E-state index is 0.356. The lowest BCUT2D eigenvalue weighted by Crippen LogP contribution is -2.16. The van der Waals surface area contributed by atoms with Gasteiger partial charge in [-0.15, -0.1) is 0 Å². The molecule has 0 spiro atoms. The highest BCUT2D eigenvalue weighted by Gasteiger charge is 2.06. The van der Waals surface area contributed by atoms with Crippen LogP contribution in [0.5, 0.6) is 0 Å². The molecule has 1 atom stereocenters. The first-order valence-electron chi connectivity index (χ1n) is 7.13. The third kappa shape index (κ3) is 4.43. The predicted molar refractivity (Wildman–Crippen MR) is 92.3 cm³/mol. The zero-order valence-corrected chi connectivity index (χ0v) is 14.5. The summed E-state index contributed by atoms with van der Waals surface area (Å²) in [6.45, 7) is 8.30. The highest BCUT2D eigenvalue weighted by atomic mass is 79.9. The van der Waals surface area contributed by atoms with Gasteiger partial charge in [0.1, 0.15) is 5.82 Å². The van der Waals surface area contributed by atoms with Crippen LogP contribution in [0.25, 0.3) is 0 Å². The second-order valence-corrected chi connectivity index (χ2v) is 6.12. The van der Waals surface area contributed by atoms with Gasteiger partial charge < -0.3 is 10.6 Å². The van der Waals surface area contributed by atoms with Gasteiger partial charge in [0.15, 0.2) is 0 Å². The lowest BCUT2D eigenvalue weighted by molar-refractivity contribution is 0.752. The van der Waals surface area contributed by atoms with Crippen LogP contribution in [-0.4, -0.2) is 16.0 Å². The fourth-order valence-electron chi connectivity index (χ4n) is 1.89. The summed E-state index contributed by atoms with van der Waals surface area (Å²) in [5.41, 5.74) is 3.14. The van der Waals surface area contributed by atoms with Gasteiger partial charge in [0.2, 0.25) is 5.95 Å². The van der Waals surface area contributed by atoms with Crippen LogP contribution in [0, 0.1) is 13.8 Å². The van der Waals surface area contributed by atoms with Crippen LogP contribution in [0.1, 0.15) is 31.5 Å². The number of hydrogen-bond acceptors (Lipinski definition) is 4. The zero-order chi connectivity index (χ0) is 15.4. The molecule has 0 saturated carbocycles. The Kier molecular flexibility index (Phi) is 5.17. The van der Waals surface area contributed by atoms with E-state index in [0.717, 1.165) is 28.1 Å². The molecule has 0 fully saturated rings. The van der Waals surface area contributed by atoms with Crippen LogP contribution in [0.15, 0.2) is 28.7 Å². The third-order valence-electron chi connectivity index (χ3n) is 3.27. The minimum Gasteiger partial charge on any atom is -0.352 e. The van der Waals surface area contributed by atoms with Gasteiger partial charge in [0.05, 0.1) is 0 Å². The molecule has 0 aliphatic rings. The van der Waals surface area contributed by atoms with Gasteiger partial charge in [-0.2, -0.15) is 4.98 Å². The van der Waals surface area contributed by atoms with E-state index in [2.05, 4.69) is 63.4 Å². The third-order valence-corrected chi connectivity index (χ3v) is 4.16. The summed E-state index contributed by atoms with van der Waals surface area (Å²) in [4.78, 5) is 8.95. The van der Waals surface area contributed by atoms with E-state index in [1.54, 1.807) is 0 Å². The summed E-state index contributed by atoms with van der Waals surface area (Å²) in [5.74, 6) is 1.47. The van der Waals surface area contributed by atoms with Gasteiger partial charge in [-0.05, 0) is 51.0 Å². The summed E-state index contributed by atoms with van der Waals surface area (Å²) in [5, 5.41) is 6.64. The van der Waals surface area contributed by atoms with Crippen LogP contribution >= 0.6 is 15.9 Å². The topological polar surface area (TPSA) is 49.8 Å². The summed E-state index contributed by atoms with van der Waals surface area (Å²) in [6, 6.07) is 8.44. The fraction of sp³-hybridized carbons (Fsp3) is 0.375. The summed E-state index contributed by atoms with van der Waals surface area (Å²) >= 11 is 3.51. The van der Waals surface area contributed by atoms with Crippen molar-refractivity contribution < 1.29 is 0 Å². The van der Waals surface area contributed by atoms with E-state index in [9.17, 15) is 0 Å². The molecule has 2 N–H and O–H groups in total. The Balaban J connectivity index is 2.21. The van der Waals surface area contributed by atoms with Crippen molar-refractivity contribution in [3.05, 3.63) is 40.0 Å². The summed E-state index contributed by atoms with van der Waals surface area (Å²) < 4.78 is 1.10. The minimum atomic E-state index is 0.356. The van der Waals surface area contributed by atoms with Gasteiger partial charge >= 0.3 is 0 Å². The molecule has 21 heavy (non-hydrogen) atoms. The number of aromatic nitrogens is 2. The van der Waals surface area contributed by atoms with Crippen LogP contribution in [0.2, 0.25) is 0 Å². The van der Waals surface area contributed by atoms with Gasteiger partial charge in [-0.3, -0.25) is 0 Å². The van der Waals surface area contributed by atoms with Crippen LogP contribution in [-0.2, 0) is 0 Å². The molecule has 112 valence electrons. The second kappa shape index (κ2) is 6.89. The van der Waals surface area contributed by atoms with Crippen molar-refractivity contribution in [1.82, 2.24) is 9.97 Å². The Morgan fingerprint density at radius 3 is 2.62 bits per heavy atom. The van der Waals surface area contributed by atoms with Crippen molar-refractivity contribution in [2.24, 2.45) is 0 Å². The lowest BCUT2D eigenvalue weighted by Gasteiger charge is -2.14. The predicted octanol–water partition coefficient (Wildman–Crippen LogP) is 4.81. The van der Waals surface area contributed by atoms with Crippen molar-refractivity contribution in [2.45, 2.75) is 40.2 Å². The molecule has 1 aromatic carbocycles. The molecule has 4 nitrogen and oxygen atoms in total. The van der Waals surface area contributed by atoms with Crippen molar-refractivity contribution in [3.8, 4) is 0 Å². The highest BCUT2D eigenvalue weighted by molar-refractivity contribution is 9.10. The molecule has 0 bridgehead atoms. The molecule has 5 heteroatoms. The number of halogens is 1. The average Bonchev–Trinajstić information content (AvgIpc) is 2.42. The SMILES string of the molecule is CCC(C)Nc1nc(C)cc(Nc2ccc(Br)c(C)c2)n1. The molecular formula is C16H21BrN4. The van der Waals surface area contributed by atoms with Gasteiger partial charge in [0.25, 0.3) is 0 Å². The van der Waals surface area contributed by atoms with E-state index in [4.69, 9.17) is 0 Å². The first kappa shape index (κ1) is 15.8. The first-order valence-corrected chi connectivity index (χ1v) is 7.92. The van der Waals surface area contributed by atoms with Crippen molar-refractivity contribution in [1.29, 1.82) is 0 Å². The number of anilines is 3. The smallest absolute Gasteiger partial charge is 0.225 e. The molecule has 0 aliphatic carbocycles. The summed E-state index contributed by atoms with van der Waals surface area (Å²) in [6.07, 6.45) is 1.03. The number of rotatable bonds is 5. The molecule has 0 radical (unpaired) electrons. The maximum absolute atomic E-state index is 4.52. The molecule has 0 amide bonds. The number of aryl methyl sites for hydroxylation is 2. The van der Waals surface area contributed by atoms with E-state index in [-0.39, 0.29) is 0 Å². The molecule has 2 aromatic rings. The molecule has 1 unspecified atom stereocenters.